The van der Waals surface area contributed by atoms with Crippen LogP contribution in [0.1, 0.15) is 91.4 Å². The summed E-state index contributed by atoms with van der Waals surface area (Å²) in [7, 11) is 2.05. The molecule has 158 valence electrons. The fourth-order valence-electron chi connectivity index (χ4n) is 8.96. The number of carbonyl (C=O) groups is 1. The van der Waals surface area contributed by atoms with Crippen LogP contribution in [0.3, 0.4) is 0 Å². The molecule has 4 rings (SSSR count). The molecular weight excluding hydrogens is 347 g/mol. The Morgan fingerprint density at radius 2 is 1.75 bits per heavy atom. The number of hydrogen-bond donors (Lipinski definition) is 2. The van der Waals surface area contributed by atoms with Crippen LogP contribution in [0.5, 0.6) is 0 Å². The van der Waals surface area contributed by atoms with Crippen LogP contribution >= 0.6 is 0 Å². The van der Waals surface area contributed by atoms with Gasteiger partial charge in [-0.25, -0.2) is 0 Å². The summed E-state index contributed by atoms with van der Waals surface area (Å²) >= 11 is 0. The number of hydrogen-bond acceptors (Lipinski definition) is 2. The molecule has 4 aliphatic carbocycles. The van der Waals surface area contributed by atoms with Gasteiger partial charge in [-0.05, 0) is 111 Å². The maximum absolute atomic E-state index is 11.1. The molecule has 0 unspecified atom stereocenters. The van der Waals surface area contributed by atoms with Crippen molar-refractivity contribution >= 4 is 13.8 Å². The molecule has 0 spiro atoms. The van der Waals surface area contributed by atoms with Crippen LogP contribution in [0, 0.1) is 46.3 Å². The maximum Gasteiger partial charge on any atom is 0.303 e. The average Bonchev–Trinajstić information content (AvgIpc) is 2.97. The highest BCUT2D eigenvalue weighted by Crippen LogP contribution is 2.68. The molecule has 2 N–H and O–H groups in total. The molecule has 0 aromatic rings. The third kappa shape index (κ3) is 3.26. The van der Waals surface area contributed by atoms with Crippen molar-refractivity contribution in [3.8, 4) is 0 Å². The van der Waals surface area contributed by atoms with Crippen molar-refractivity contribution in [2.75, 3.05) is 0 Å². The van der Waals surface area contributed by atoms with Crippen molar-refractivity contribution in [1.29, 1.82) is 0 Å². The fourth-order valence-corrected chi connectivity index (χ4v) is 8.96. The van der Waals surface area contributed by atoms with Gasteiger partial charge in [-0.1, -0.05) is 20.8 Å². The average molecular weight is 388 g/mol. The molecule has 0 saturated heterocycles. The topological polar surface area (TPSA) is 57.5 Å². The highest BCUT2D eigenvalue weighted by molar-refractivity contribution is 6.14. The Bertz CT molecular complexity index is 619. The highest BCUT2D eigenvalue weighted by atomic mass is 16.4. The lowest BCUT2D eigenvalue weighted by Gasteiger charge is -2.62. The minimum atomic E-state index is -0.644. The van der Waals surface area contributed by atoms with Crippen LogP contribution in [-0.2, 0) is 4.79 Å². The third-order valence-corrected chi connectivity index (χ3v) is 10.5. The molecule has 9 atom stereocenters. The first kappa shape index (κ1) is 20.8. The van der Waals surface area contributed by atoms with Crippen LogP contribution < -0.4 is 0 Å². The minimum Gasteiger partial charge on any atom is -0.481 e. The van der Waals surface area contributed by atoms with Gasteiger partial charge in [0.05, 0.1) is 0 Å². The van der Waals surface area contributed by atoms with Crippen molar-refractivity contribution in [1.82, 2.24) is 0 Å². The van der Waals surface area contributed by atoms with Crippen molar-refractivity contribution in [2.24, 2.45) is 46.3 Å². The van der Waals surface area contributed by atoms with Crippen LogP contribution in [0.15, 0.2) is 0 Å². The van der Waals surface area contributed by atoms with Gasteiger partial charge in [-0.2, -0.15) is 0 Å². The lowest BCUT2D eigenvalue weighted by Crippen LogP contribution is -2.56. The van der Waals surface area contributed by atoms with E-state index in [9.17, 15) is 9.90 Å². The Balaban J connectivity index is 1.51. The summed E-state index contributed by atoms with van der Waals surface area (Å²) in [6, 6.07) is 0. The van der Waals surface area contributed by atoms with Gasteiger partial charge in [-0.15, -0.1) is 0 Å². The lowest BCUT2D eigenvalue weighted by molar-refractivity contribution is -0.139. The van der Waals surface area contributed by atoms with E-state index in [2.05, 4.69) is 28.6 Å². The first-order valence-corrected chi connectivity index (χ1v) is 12.0. The number of fused-ring (bicyclic) bond motifs is 5. The van der Waals surface area contributed by atoms with E-state index >= 15 is 0 Å². The fraction of sp³-hybridized carbons (Fsp3) is 0.958. The largest absolute Gasteiger partial charge is 0.481 e. The van der Waals surface area contributed by atoms with E-state index in [0.29, 0.717) is 35.0 Å². The lowest BCUT2D eigenvalue weighted by atomic mass is 9.42. The molecule has 4 fully saturated rings. The highest BCUT2D eigenvalue weighted by Gasteiger charge is 2.61. The zero-order valence-corrected chi connectivity index (χ0v) is 18.5. The van der Waals surface area contributed by atoms with E-state index in [0.717, 1.165) is 37.0 Å². The second-order valence-corrected chi connectivity index (χ2v) is 12.0. The maximum atomic E-state index is 11.1. The Labute approximate surface area is 172 Å². The van der Waals surface area contributed by atoms with Crippen molar-refractivity contribution in [3.05, 3.63) is 0 Å². The van der Waals surface area contributed by atoms with Crippen LogP contribution in [0.4, 0.5) is 0 Å². The first-order valence-electron chi connectivity index (χ1n) is 12.0. The van der Waals surface area contributed by atoms with E-state index in [-0.39, 0.29) is 0 Å². The molecule has 0 aromatic heterocycles. The van der Waals surface area contributed by atoms with Crippen molar-refractivity contribution < 1.29 is 15.0 Å². The van der Waals surface area contributed by atoms with E-state index < -0.39 is 11.5 Å². The first-order chi connectivity index (χ1) is 13.1. The van der Waals surface area contributed by atoms with Gasteiger partial charge in [0.25, 0.3) is 0 Å². The van der Waals surface area contributed by atoms with E-state index in [4.69, 9.17) is 5.11 Å². The van der Waals surface area contributed by atoms with Gasteiger partial charge < -0.3 is 10.2 Å². The molecule has 0 aliphatic heterocycles. The zero-order valence-electron chi connectivity index (χ0n) is 18.5. The summed E-state index contributed by atoms with van der Waals surface area (Å²) in [5.41, 5.74) is 0.403. The molecule has 3 nitrogen and oxygen atoms in total. The van der Waals surface area contributed by atoms with Gasteiger partial charge in [0.2, 0.25) is 0 Å². The van der Waals surface area contributed by atoms with Crippen molar-refractivity contribution in [3.63, 3.8) is 0 Å². The quantitative estimate of drug-likeness (QED) is 0.699. The molecule has 0 radical (unpaired) electrons. The summed E-state index contributed by atoms with van der Waals surface area (Å²) in [5, 5.41) is 19.8. The van der Waals surface area contributed by atoms with Crippen LogP contribution in [0.25, 0.3) is 0 Å². The standard InChI is InChI=1S/C24H41BO3/c1-15(4-9-21(26)27)18-7-8-19-17-6-5-16-14-24(25,28)13-12-22(16,2)20(17)10-11-23(18,19)3/h15-20,28H,4-14,25H2,1-3H3,(H,26,27)/t15-,16-,17+,18-,19+,20+,22+,23-,24+/m1/s1. The molecule has 0 aromatic carbocycles. The molecular formula is C24H41BO3. The zero-order chi connectivity index (χ0) is 20.3. The minimum absolute atomic E-state index is 0.324. The SMILES string of the molecule is B[C@]1(O)CC[C@@]2(C)[C@H](CC[C@@H]3[C@@H]2CC[C@]2(C)[C@@H]([C@H](C)CCC(=O)O)CC[C@@H]32)C1. The smallest absolute Gasteiger partial charge is 0.303 e. The van der Waals surface area contributed by atoms with E-state index in [1.807, 2.05) is 0 Å². The summed E-state index contributed by atoms with van der Waals surface area (Å²) in [6.07, 6.45) is 12.4. The molecule has 0 amide bonds. The molecule has 0 bridgehead atoms. The summed E-state index contributed by atoms with van der Waals surface area (Å²) in [5.74, 6) is 3.83. The Morgan fingerprint density at radius 1 is 1.04 bits per heavy atom. The normalized spacial score (nSPS) is 51.6. The number of aliphatic carboxylic acids is 1. The predicted molar refractivity (Wildman–Crippen MR) is 115 cm³/mol. The molecule has 28 heavy (non-hydrogen) atoms. The Morgan fingerprint density at radius 3 is 2.46 bits per heavy atom. The number of carboxylic acid groups (broad SMARTS) is 1. The molecule has 4 aliphatic rings. The van der Waals surface area contributed by atoms with E-state index in [1.54, 1.807) is 0 Å². The number of aliphatic hydroxyl groups is 1. The molecule has 0 heterocycles. The van der Waals surface area contributed by atoms with Gasteiger partial charge >= 0.3 is 5.97 Å². The second kappa shape index (κ2) is 7.03. The van der Waals surface area contributed by atoms with Crippen molar-refractivity contribution in [2.45, 2.75) is 96.9 Å². The summed E-state index contributed by atoms with van der Waals surface area (Å²) in [4.78, 5) is 11.1. The summed E-state index contributed by atoms with van der Waals surface area (Å²) < 4.78 is 0. The Hall–Kier alpha value is -0.505. The van der Waals surface area contributed by atoms with Crippen LogP contribution in [0.2, 0.25) is 0 Å². The van der Waals surface area contributed by atoms with Crippen LogP contribution in [-0.4, -0.2) is 29.5 Å². The van der Waals surface area contributed by atoms with E-state index in [1.165, 1.54) is 44.9 Å². The van der Waals surface area contributed by atoms with Gasteiger partial charge in [-0.3, -0.25) is 4.79 Å². The number of rotatable bonds is 4. The van der Waals surface area contributed by atoms with Gasteiger partial charge in [0.15, 0.2) is 0 Å². The summed E-state index contributed by atoms with van der Waals surface area (Å²) in [6.45, 7) is 7.44. The number of carboxylic acids is 1. The third-order valence-electron chi connectivity index (χ3n) is 10.5. The van der Waals surface area contributed by atoms with Gasteiger partial charge in [0.1, 0.15) is 7.85 Å². The molecule has 4 heteroatoms. The van der Waals surface area contributed by atoms with Gasteiger partial charge in [0, 0.05) is 11.9 Å². The molecule has 4 saturated carbocycles. The predicted octanol–water partition coefficient (Wildman–Crippen LogP) is 4.47. The Kier molecular flexibility index (Phi) is 5.21. The second-order valence-electron chi connectivity index (χ2n) is 12.0. The monoisotopic (exact) mass is 388 g/mol.